The zero-order valence-electron chi connectivity index (χ0n) is 19.7. The van der Waals surface area contributed by atoms with E-state index >= 15 is 0 Å². The van der Waals surface area contributed by atoms with Crippen LogP contribution in [0.15, 0.2) is 66.7 Å². The molecule has 0 saturated carbocycles. The Labute approximate surface area is 203 Å². The van der Waals surface area contributed by atoms with Crippen LogP contribution in [0.3, 0.4) is 0 Å². The first-order chi connectivity index (χ1) is 17.0. The van der Waals surface area contributed by atoms with Gasteiger partial charge in [-0.3, -0.25) is 5.10 Å². The topological polar surface area (TPSA) is 103 Å². The number of phenols is 1. The summed E-state index contributed by atoms with van der Waals surface area (Å²) in [5.41, 5.74) is 3.01. The lowest BCUT2D eigenvalue weighted by molar-refractivity contribution is 0.0526. The molecule has 0 aliphatic rings. The Balaban J connectivity index is 1.50. The Morgan fingerprint density at radius 1 is 1.00 bits per heavy atom. The molecule has 8 nitrogen and oxygen atoms in total. The summed E-state index contributed by atoms with van der Waals surface area (Å²) in [6.45, 7) is 4.21. The average Bonchev–Trinajstić information content (AvgIpc) is 3.23. The summed E-state index contributed by atoms with van der Waals surface area (Å²) in [6, 6.07) is 19.2. The number of benzene rings is 3. The number of esters is 1. The van der Waals surface area contributed by atoms with Gasteiger partial charge in [0.2, 0.25) is 0 Å². The number of aromatic nitrogens is 2. The molecule has 0 radical (unpaired) electrons. The molecule has 0 saturated heterocycles. The molecular weight excluding hydrogens is 448 g/mol. The van der Waals surface area contributed by atoms with Gasteiger partial charge in [-0.15, -0.1) is 0 Å². The summed E-state index contributed by atoms with van der Waals surface area (Å²) in [4.78, 5) is 11.9. The van der Waals surface area contributed by atoms with Crippen molar-refractivity contribution in [3.63, 3.8) is 0 Å². The lowest BCUT2D eigenvalue weighted by atomic mass is 10.1. The molecule has 0 spiro atoms. The van der Waals surface area contributed by atoms with Crippen molar-refractivity contribution in [2.24, 2.45) is 0 Å². The maximum absolute atomic E-state index is 11.9. The van der Waals surface area contributed by atoms with Crippen LogP contribution < -0.4 is 14.2 Å². The third-order valence-corrected chi connectivity index (χ3v) is 5.24. The number of aromatic hydroxyl groups is 1. The summed E-state index contributed by atoms with van der Waals surface area (Å²) < 4.78 is 22.1. The van der Waals surface area contributed by atoms with Gasteiger partial charge in [0.1, 0.15) is 35.3 Å². The van der Waals surface area contributed by atoms with E-state index in [0.29, 0.717) is 53.0 Å². The molecule has 35 heavy (non-hydrogen) atoms. The van der Waals surface area contributed by atoms with Crippen molar-refractivity contribution in [3.05, 3.63) is 83.6 Å². The standard InChI is InChI=1S/C27H26N2O6/c1-4-33-27(31)19-8-10-20(11-9-19)35-26-17(2)28-29-25(26)23-13-12-22(15-24(23)30)34-16-18-6-5-7-21(14-18)32-3/h5-15,30H,4,16H2,1-3H3,(H,28,29). The second kappa shape index (κ2) is 10.6. The van der Waals surface area contributed by atoms with Gasteiger partial charge >= 0.3 is 5.97 Å². The number of ether oxygens (including phenoxy) is 4. The Hall–Kier alpha value is -4.46. The van der Waals surface area contributed by atoms with Crippen molar-refractivity contribution in [2.75, 3.05) is 13.7 Å². The molecule has 2 N–H and O–H groups in total. The molecular formula is C27H26N2O6. The van der Waals surface area contributed by atoms with Crippen LogP contribution in [0.25, 0.3) is 11.3 Å². The van der Waals surface area contributed by atoms with E-state index in [4.69, 9.17) is 18.9 Å². The molecule has 8 heteroatoms. The van der Waals surface area contributed by atoms with Crippen LogP contribution >= 0.6 is 0 Å². The molecule has 0 bridgehead atoms. The Bertz CT molecular complexity index is 1310. The number of nitrogens with zero attached hydrogens (tertiary/aromatic N) is 1. The SMILES string of the molecule is CCOC(=O)c1ccc(Oc2c(-c3ccc(OCc4cccc(OC)c4)cc3O)n[nH]c2C)cc1. The van der Waals surface area contributed by atoms with E-state index < -0.39 is 5.97 Å². The highest BCUT2D eigenvalue weighted by Crippen LogP contribution is 2.40. The number of hydrogen-bond acceptors (Lipinski definition) is 7. The number of nitrogens with one attached hydrogen (secondary N) is 1. The predicted octanol–water partition coefficient (Wildman–Crippen LogP) is 5.65. The van der Waals surface area contributed by atoms with E-state index in [0.717, 1.165) is 11.3 Å². The van der Waals surface area contributed by atoms with E-state index in [1.165, 1.54) is 6.07 Å². The molecule has 3 aromatic carbocycles. The van der Waals surface area contributed by atoms with Crippen molar-refractivity contribution in [3.8, 4) is 40.0 Å². The molecule has 1 heterocycles. The number of phenolic OH excluding ortho intramolecular Hbond substituents is 1. The van der Waals surface area contributed by atoms with Crippen LogP contribution in [0.1, 0.15) is 28.5 Å². The first-order valence-corrected chi connectivity index (χ1v) is 11.1. The van der Waals surface area contributed by atoms with E-state index in [-0.39, 0.29) is 5.75 Å². The normalized spacial score (nSPS) is 10.6. The third kappa shape index (κ3) is 5.55. The van der Waals surface area contributed by atoms with Crippen molar-refractivity contribution >= 4 is 5.97 Å². The van der Waals surface area contributed by atoms with Gasteiger partial charge in [0, 0.05) is 11.6 Å². The summed E-state index contributed by atoms with van der Waals surface area (Å²) >= 11 is 0. The van der Waals surface area contributed by atoms with E-state index in [2.05, 4.69) is 10.2 Å². The first kappa shape index (κ1) is 23.7. The van der Waals surface area contributed by atoms with Crippen molar-refractivity contribution in [2.45, 2.75) is 20.5 Å². The molecule has 0 atom stereocenters. The van der Waals surface area contributed by atoms with Gasteiger partial charge in [-0.25, -0.2) is 4.79 Å². The zero-order chi connectivity index (χ0) is 24.8. The minimum atomic E-state index is -0.391. The van der Waals surface area contributed by atoms with Crippen LogP contribution in [0.5, 0.6) is 28.7 Å². The van der Waals surface area contributed by atoms with Gasteiger partial charge in [0.25, 0.3) is 0 Å². The quantitative estimate of drug-likeness (QED) is 0.302. The molecule has 0 unspecified atom stereocenters. The van der Waals surface area contributed by atoms with Gasteiger partial charge in [-0.2, -0.15) is 5.10 Å². The first-order valence-electron chi connectivity index (χ1n) is 11.1. The lowest BCUT2D eigenvalue weighted by Crippen LogP contribution is -2.04. The maximum atomic E-state index is 11.9. The molecule has 4 rings (SSSR count). The summed E-state index contributed by atoms with van der Waals surface area (Å²) in [5, 5.41) is 17.9. The molecule has 0 fully saturated rings. The smallest absolute Gasteiger partial charge is 0.338 e. The Morgan fingerprint density at radius 3 is 2.49 bits per heavy atom. The highest BCUT2D eigenvalue weighted by Gasteiger charge is 2.19. The number of H-pyrrole nitrogens is 1. The summed E-state index contributed by atoms with van der Waals surface area (Å²) in [7, 11) is 1.62. The molecule has 1 aromatic heterocycles. The summed E-state index contributed by atoms with van der Waals surface area (Å²) in [5.74, 6) is 1.86. The van der Waals surface area contributed by atoms with E-state index in [9.17, 15) is 9.90 Å². The number of carbonyl (C=O) groups excluding carboxylic acids is 1. The average molecular weight is 475 g/mol. The molecule has 0 aliphatic carbocycles. The van der Waals surface area contributed by atoms with Crippen molar-refractivity contribution < 1.29 is 28.8 Å². The van der Waals surface area contributed by atoms with Crippen molar-refractivity contribution in [1.29, 1.82) is 0 Å². The highest BCUT2D eigenvalue weighted by molar-refractivity contribution is 5.89. The van der Waals surface area contributed by atoms with Gasteiger partial charge in [-0.1, -0.05) is 12.1 Å². The number of rotatable bonds is 9. The molecule has 180 valence electrons. The summed E-state index contributed by atoms with van der Waals surface area (Å²) in [6.07, 6.45) is 0. The molecule has 0 amide bonds. The Morgan fingerprint density at radius 2 is 1.77 bits per heavy atom. The lowest BCUT2D eigenvalue weighted by Gasteiger charge is -2.11. The number of carbonyl (C=O) groups is 1. The van der Waals surface area contributed by atoms with Crippen LogP contribution in [-0.4, -0.2) is 35.0 Å². The van der Waals surface area contributed by atoms with Gasteiger partial charge in [0.05, 0.1) is 25.0 Å². The van der Waals surface area contributed by atoms with Gasteiger partial charge in [0.15, 0.2) is 5.75 Å². The number of methoxy groups -OCH3 is 1. The highest BCUT2D eigenvalue weighted by atomic mass is 16.5. The molecule has 4 aromatic rings. The number of hydrogen-bond donors (Lipinski definition) is 2. The second-order valence-corrected chi connectivity index (χ2v) is 7.69. The predicted molar refractivity (Wildman–Crippen MR) is 130 cm³/mol. The second-order valence-electron chi connectivity index (χ2n) is 7.69. The molecule has 0 aliphatic heterocycles. The van der Waals surface area contributed by atoms with Crippen LogP contribution in [0.4, 0.5) is 0 Å². The van der Waals surface area contributed by atoms with Gasteiger partial charge in [-0.05, 0) is 67.9 Å². The maximum Gasteiger partial charge on any atom is 0.338 e. The van der Waals surface area contributed by atoms with Crippen LogP contribution in [-0.2, 0) is 11.3 Å². The fourth-order valence-electron chi connectivity index (χ4n) is 3.45. The number of aryl methyl sites for hydroxylation is 1. The minimum absolute atomic E-state index is 0.00199. The van der Waals surface area contributed by atoms with Gasteiger partial charge < -0.3 is 24.1 Å². The Kier molecular flexibility index (Phi) is 7.21. The fourth-order valence-corrected chi connectivity index (χ4v) is 3.45. The largest absolute Gasteiger partial charge is 0.507 e. The monoisotopic (exact) mass is 474 g/mol. The number of aromatic amines is 1. The van der Waals surface area contributed by atoms with Crippen LogP contribution in [0, 0.1) is 6.92 Å². The third-order valence-electron chi connectivity index (χ3n) is 5.24. The van der Waals surface area contributed by atoms with E-state index in [1.807, 2.05) is 31.2 Å². The fraction of sp³-hybridized carbons (Fsp3) is 0.185. The van der Waals surface area contributed by atoms with Crippen molar-refractivity contribution in [1.82, 2.24) is 10.2 Å². The minimum Gasteiger partial charge on any atom is -0.507 e. The van der Waals surface area contributed by atoms with Crippen LogP contribution in [0.2, 0.25) is 0 Å². The zero-order valence-corrected chi connectivity index (χ0v) is 19.7. The van der Waals surface area contributed by atoms with E-state index in [1.54, 1.807) is 50.4 Å².